The third-order valence-corrected chi connectivity index (χ3v) is 4.12. The normalized spacial score (nSPS) is 12.2. The van der Waals surface area contributed by atoms with Crippen molar-refractivity contribution in [2.24, 2.45) is 0 Å². The van der Waals surface area contributed by atoms with E-state index in [0.717, 1.165) is 17.7 Å². The van der Waals surface area contributed by atoms with E-state index in [1.165, 1.54) is 0 Å². The Morgan fingerprint density at radius 2 is 1.80 bits per heavy atom. The van der Waals surface area contributed by atoms with Gasteiger partial charge in [0.2, 0.25) is 0 Å². The van der Waals surface area contributed by atoms with Gasteiger partial charge < -0.3 is 4.74 Å². The second-order valence-corrected chi connectivity index (χ2v) is 5.44. The van der Waals surface area contributed by atoms with Crippen LogP contribution in [0, 0.1) is 11.6 Å². The van der Waals surface area contributed by atoms with Crippen LogP contribution in [0.25, 0.3) is 0 Å². The molecule has 5 heteroatoms. The predicted molar refractivity (Wildman–Crippen MR) is 79.7 cm³/mol. The molecule has 106 valence electrons. The fourth-order valence-corrected chi connectivity index (χ4v) is 3.02. The minimum Gasteiger partial charge on any atom is -0.494 e. The molecule has 2 rings (SSSR count). The first kappa shape index (κ1) is 15.3. The Kier molecular flexibility index (Phi) is 5.00. The van der Waals surface area contributed by atoms with E-state index in [1.807, 2.05) is 31.2 Å². The zero-order chi connectivity index (χ0) is 14.7. The molecule has 0 aliphatic heterocycles. The van der Waals surface area contributed by atoms with Crippen molar-refractivity contribution in [3.63, 3.8) is 0 Å². The molecule has 20 heavy (non-hydrogen) atoms. The molecule has 0 amide bonds. The quantitative estimate of drug-likeness (QED) is 0.516. The van der Waals surface area contributed by atoms with Crippen molar-refractivity contribution >= 4 is 27.5 Å². The van der Waals surface area contributed by atoms with Crippen molar-refractivity contribution in [2.45, 2.75) is 11.8 Å². The molecule has 0 aliphatic rings. The van der Waals surface area contributed by atoms with E-state index >= 15 is 0 Å². The Labute approximate surface area is 129 Å². The van der Waals surface area contributed by atoms with E-state index < -0.39 is 11.6 Å². The van der Waals surface area contributed by atoms with Gasteiger partial charge in [0, 0.05) is 10.6 Å². The number of rotatable bonds is 4. The minimum absolute atomic E-state index is 0.164. The fourth-order valence-electron chi connectivity index (χ4n) is 1.88. The van der Waals surface area contributed by atoms with Gasteiger partial charge in [-0.2, -0.15) is 0 Å². The first-order valence-corrected chi connectivity index (χ1v) is 7.34. The molecular formula is C15H12BrClF2O. The summed E-state index contributed by atoms with van der Waals surface area (Å²) in [6, 6.07) is 9.44. The van der Waals surface area contributed by atoms with Gasteiger partial charge in [0.05, 0.1) is 11.4 Å². The molecule has 1 nitrogen and oxygen atoms in total. The van der Waals surface area contributed by atoms with Crippen LogP contribution in [0.5, 0.6) is 5.75 Å². The Morgan fingerprint density at radius 1 is 1.15 bits per heavy atom. The second-order valence-electron chi connectivity index (χ2n) is 4.12. The maximum atomic E-state index is 13.4. The number of hydrogen-bond donors (Lipinski definition) is 0. The first-order valence-electron chi connectivity index (χ1n) is 6.04. The molecule has 0 aromatic heterocycles. The van der Waals surface area contributed by atoms with Crippen molar-refractivity contribution < 1.29 is 13.5 Å². The smallest absolute Gasteiger partial charge is 0.160 e. The number of para-hydroxylation sites is 1. The molecule has 1 atom stereocenters. The monoisotopic (exact) mass is 360 g/mol. The van der Waals surface area contributed by atoms with Crippen molar-refractivity contribution in [2.75, 3.05) is 6.61 Å². The molecule has 0 fully saturated rings. The molecule has 1 unspecified atom stereocenters. The van der Waals surface area contributed by atoms with Crippen LogP contribution in [0.2, 0.25) is 5.02 Å². The molecule has 0 bridgehead atoms. The van der Waals surface area contributed by atoms with Gasteiger partial charge in [-0.3, -0.25) is 0 Å². The molecule has 0 N–H and O–H groups in total. The van der Waals surface area contributed by atoms with Crippen LogP contribution < -0.4 is 4.74 Å². The van der Waals surface area contributed by atoms with Gasteiger partial charge in [0.25, 0.3) is 0 Å². The van der Waals surface area contributed by atoms with E-state index in [-0.39, 0.29) is 9.85 Å². The minimum atomic E-state index is -0.962. The largest absolute Gasteiger partial charge is 0.494 e. The summed E-state index contributed by atoms with van der Waals surface area (Å²) in [5.41, 5.74) is 1.26. The second kappa shape index (κ2) is 6.55. The molecule has 0 radical (unpaired) electrons. The summed E-state index contributed by atoms with van der Waals surface area (Å²) in [6.45, 7) is 2.40. The van der Waals surface area contributed by atoms with E-state index in [2.05, 4.69) is 15.9 Å². The summed E-state index contributed by atoms with van der Waals surface area (Å²) in [5, 5.41) is 0.164. The van der Waals surface area contributed by atoms with Crippen LogP contribution in [0.4, 0.5) is 8.78 Å². The molecule has 0 heterocycles. The van der Waals surface area contributed by atoms with Crippen LogP contribution in [0.3, 0.4) is 0 Å². The summed E-state index contributed by atoms with van der Waals surface area (Å²) >= 11 is 9.47. The van der Waals surface area contributed by atoms with Gasteiger partial charge in [-0.25, -0.2) is 8.78 Å². The van der Waals surface area contributed by atoms with Gasteiger partial charge in [-0.1, -0.05) is 45.7 Å². The summed E-state index contributed by atoms with van der Waals surface area (Å²) < 4.78 is 32.1. The average molecular weight is 362 g/mol. The standard InChI is InChI=1S/C15H12BrClF2O/c1-2-20-14-6-4-3-5-9(14)15(16)10-7-12(18)13(19)8-11(10)17/h3-8,15H,2H2,1H3. The SMILES string of the molecule is CCOc1ccccc1C(Br)c1cc(F)c(F)cc1Cl. The zero-order valence-electron chi connectivity index (χ0n) is 10.7. The van der Waals surface area contributed by atoms with E-state index in [4.69, 9.17) is 16.3 Å². The topological polar surface area (TPSA) is 9.23 Å². The van der Waals surface area contributed by atoms with Crippen LogP contribution in [-0.2, 0) is 0 Å². The molecule has 0 saturated heterocycles. The molecule has 0 aliphatic carbocycles. The highest BCUT2D eigenvalue weighted by Crippen LogP contribution is 2.40. The molecular weight excluding hydrogens is 350 g/mol. The van der Waals surface area contributed by atoms with Gasteiger partial charge >= 0.3 is 0 Å². The Bertz CT molecular complexity index is 619. The number of ether oxygens (including phenoxy) is 1. The number of alkyl halides is 1. The lowest BCUT2D eigenvalue weighted by Crippen LogP contribution is -2.01. The number of halogens is 4. The summed E-state index contributed by atoms with van der Waals surface area (Å²) in [4.78, 5) is -0.382. The van der Waals surface area contributed by atoms with Crippen molar-refractivity contribution in [3.05, 3.63) is 64.2 Å². The Morgan fingerprint density at radius 3 is 2.50 bits per heavy atom. The van der Waals surface area contributed by atoms with Crippen LogP contribution in [-0.4, -0.2) is 6.61 Å². The highest BCUT2D eigenvalue weighted by Gasteiger charge is 2.20. The molecule has 2 aromatic rings. The highest BCUT2D eigenvalue weighted by atomic mass is 79.9. The maximum absolute atomic E-state index is 13.4. The molecule has 0 spiro atoms. The van der Waals surface area contributed by atoms with Crippen molar-refractivity contribution in [1.82, 2.24) is 0 Å². The number of hydrogen-bond acceptors (Lipinski definition) is 1. The van der Waals surface area contributed by atoms with Crippen LogP contribution >= 0.6 is 27.5 Å². The summed E-state index contributed by atoms with van der Waals surface area (Å²) in [6.07, 6.45) is 0. The lowest BCUT2D eigenvalue weighted by atomic mass is 10.0. The van der Waals surface area contributed by atoms with Gasteiger partial charge in [-0.15, -0.1) is 0 Å². The van der Waals surface area contributed by atoms with Gasteiger partial charge in [0.1, 0.15) is 5.75 Å². The van der Waals surface area contributed by atoms with Crippen molar-refractivity contribution in [1.29, 1.82) is 0 Å². The molecule has 2 aromatic carbocycles. The summed E-state index contributed by atoms with van der Waals surface area (Å²) in [5.74, 6) is -1.21. The Balaban J connectivity index is 2.46. The van der Waals surface area contributed by atoms with E-state index in [1.54, 1.807) is 0 Å². The Hall–Kier alpha value is -1.13. The third-order valence-electron chi connectivity index (χ3n) is 2.80. The predicted octanol–water partition coefficient (Wildman–Crippen LogP) is 5.50. The van der Waals surface area contributed by atoms with E-state index in [9.17, 15) is 8.78 Å². The van der Waals surface area contributed by atoms with Crippen LogP contribution in [0.1, 0.15) is 22.9 Å². The van der Waals surface area contributed by atoms with Crippen molar-refractivity contribution in [3.8, 4) is 5.75 Å². The average Bonchev–Trinajstić information content (AvgIpc) is 2.43. The highest BCUT2D eigenvalue weighted by molar-refractivity contribution is 9.09. The third kappa shape index (κ3) is 3.13. The number of benzene rings is 2. The lowest BCUT2D eigenvalue weighted by molar-refractivity contribution is 0.337. The van der Waals surface area contributed by atoms with Crippen LogP contribution in [0.15, 0.2) is 36.4 Å². The zero-order valence-corrected chi connectivity index (χ0v) is 13.0. The maximum Gasteiger partial charge on any atom is 0.160 e. The van der Waals surface area contributed by atoms with E-state index in [0.29, 0.717) is 17.9 Å². The fraction of sp³-hybridized carbons (Fsp3) is 0.200. The summed E-state index contributed by atoms with van der Waals surface area (Å²) in [7, 11) is 0. The molecule has 0 saturated carbocycles. The van der Waals surface area contributed by atoms with Gasteiger partial charge in [0.15, 0.2) is 11.6 Å². The van der Waals surface area contributed by atoms with Gasteiger partial charge in [-0.05, 0) is 30.7 Å². The lowest BCUT2D eigenvalue weighted by Gasteiger charge is -2.17. The first-order chi connectivity index (χ1) is 9.54.